The van der Waals surface area contributed by atoms with Gasteiger partial charge >= 0.3 is 0 Å². The molecule has 0 aliphatic heterocycles. The van der Waals surface area contributed by atoms with Crippen molar-refractivity contribution in [3.8, 4) is 0 Å². The summed E-state index contributed by atoms with van der Waals surface area (Å²) in [5.74, 6) is 2.09. The topological polar surface area (TPSA) is 15.3 Å². The molecule has 0 spiro atoms. The first-order chi connectivity index (χ1) is 9.88. The van der Waals surface area contributed by atoms with E-state index in [0.717, 1.165) is 26.2 Å². The van der Waals surface area contributed by atoms with E-state index >= 15 is 0 Å². The molecule has 0 saturated carbocycles. The third-order valence-corrected chi connectivity index (χ3v) is 3.35. The number of anilines is 1. The van der Waals surface area contributed by atoms with Gasteiger partial charge in [-0.3, -0.25) is 0 Å². The predicted octanol–water partition coefficient (Wildman–Crippen LogP) is 4.55. The van der Waals surface area contributed by atoms with Crippen LogP contribution in [0, 0.1) is 17.8 Å². The van der Waals surface area contributed by atoms with Crippen molar-refractivity contribution in [1.82, 2.24) is 5.32 Å². The van der Waals surface area contributed by atoms with Crippen LogP contribution in [0.1, 0.15) is 47.1 Å². The Morgan fingerprint density at radius 2 is 1.33 bits per heavy atom. The number of rotatable bonds is 9. The van der Waals surface area contributed by atoms with Gasteiger partial charge in [0.15, 0.2) is 0 Å². The summed E-state index contributed by atoms with van der Waals surface area (Å²) in [5, 5.41) is 3.50. The van der Waals surface area contributed by atoms with Crippen LogP contribution in [0.3, 0.4) is 0 Å². The summed E-state index contributed by atoms with van der Waals surface area (Å²) in [6.07, 6.45) is 0. The molecular formula is C19H34N2. The molecule has 0 atom stereocenters. The normalized spacial score (nSPS) is 11.7. The van der Waals surface area contributed by atoms with E-state index in [4.69, 9.17) is 0 Å². The maximum Gasteiger partial charge on any atom is 0.0366 e. The van der Waals surface area contributed by atoms with Crippen molar-refractivity contribution in [2.45, 2.75) is 48.1 Å². The summed E-state index contributed by atoms with van der Waals surface area (Å²) in [6.45, 7) is 17.9. The van der Waals surface area contributed by atoms with Gasteiger partial charge in [-0.1, -0.05) is 53.7 Å². The molecule has 120 valence electrons. The standard InChI is InChI=1S/C19H34N2/c1-15(2)11-20-12-18-7-9-19(10-8-18)21(13-16(3)4)14-17(5)6/h7-10,15-17,20H,11-14H2,1-6H3. The van der Waals surface area contributed by atoms with Crippen molar-refractivity contribution in [2.24, 2.45) is 17.8 Å². The second-order valence-corrected chi connectivity index (χ2v) is 7.38. The predicted molar refractivity (Wildman–Crippen MR) is 94.9 cm³/mol. The summed E-state index contributed by atoms with van der Waals surface area (Å²) in [6, 6.07) is 9.07. The second-order valence-electron chi connectivity index (χ2n) is 7.38. The SMILES string of the molecule is CC(C)CNCc1ccc(N(CC(C)C)CC(C)C)cc1. The number of benzene rings is 1. The molecule has 0 unspecified atom stereocenters. The number of hydrogen-bond donors (Lipinski definition) is 1. The fourth-order valence-corrected chi connectivity index (χ4v) is 2.50. The maximum absolute atomic E-state index is 3.50. The van der Waals surface area contributed by atoms with Gasteiger partial charge in [0.25, 0.3) is 0 Å². The molecule has 0 fully saturated rings. The molecular weight excluding hydrogens is 256 g/mol. The zero-order valence-electron chi connectivity index (χ0n) is 14.8. The monoisotopic (exact) mass is 290 g/mol. The van der Waals surface area contributed by atoms with Crippen molar-refractivity contribution in [3.05, 3.63) is 29.8 Å². The summed E-state index contributed by atoms with van der Waals surface area (Å²) in [5.41, 5.74) is 2.72. The Kier molecular flexibility index (Phi) is 7.81. The lowest BCUT2D eigenvalue weighted by molar-refractivity contribution is 0.550. The van der Waals surface area contributed by atoms with Crippen LogP contribution in [-0.4, -0.2) is 19.6 Å². The highest BCUT2D eigenvalue weighted by molar-refractivity contribution is 5.47. The van der Waals surface area contributed by atoms with Crippen LogP contribution in [0.5, 0.6) is 0 Å². The first-order valence-electron chi connectivity index (χ1n) is 8.43. The van der Waals surface area contributed by atoms with Crippen molar-refractivity contribution in [3.63, 3.8) is 0 Å². The quantitative estimate of drug-likeness (QED) is 0.717. The van der Waals surface area contributed by atoms with Crippen molar-refractivity contribution >= 4 is 5.69 Å². The van der Waals surface area contributed by atoms with Crippen molar-refractivity contribution in [2.75, 3.05) is 24.5 Å². The van der Waals surface area contributed by atoms with E-state index in [9.17, 15) is 0 Å². The van der Waals surface area contributed by atoms with Crippen LogP contribution in [0.4, 0.5) is 5.69 Å². The Hall–Kier alpha value is -1.02. The van der Waals surface area contributed by atoms with Crippen LogP contribution in [0.2, 0.25) is 0 Å². The first-order valence-corrected chi connectivity index (χ1v) is 8.43. The molecule has 0 aromatic heterocycles. The van der Waals surface area contributed by atoms with Gasteiger partial charge < -0.3 is 10.2 Å². The highest BCUT2D eigenvalue weighted by Crippen LogP contribution is 2.18. The molecule has 0 aliphatic carbocycles. The largest absolute Gasteiger partial charge is 0.371 e. The molecule has 0 bridgehead atoms. The maximum atomic E-state index is 3.50. The van der Waals surface area contributed by atoms with Gasteiger partial charge in [0.2, 0.25) is 0 Å². The van der Waals surface area contributed by atoms with Gasteiger partial charge in [0, 0.05) is 25.3 Å². The molecule has 1 N–H and O–H groups in total. The van der Waals surface area contributed by atoms with Crippen LogP contribution < -0.4 is 10.2 Å². The zero-order chi connectivity index (χ0) is 15.8. The van der Waals surface area contributed by atoms with Crippen LogP contribution in [0.25, 0.3) is 0 Å². The molecule has 21 heavy (non-hydrogen) atoms. The summed E-state index contributed by atoms with van der Waals surface area (Å²) < 4.78 is 0. The summed E-state index contributed by atoms with van der Waals surface area (Å²) in [4.78, 5) is 2.51. The molecule has 0 heterocycles. The van der Waals surface area contributed by atoms with Gasteiger partial charge in [-0.05, 0) is 42.0 Å². The molecule has 2 heteroatoms. The van der Waals surface area contributed by atoms with E-state index in [0.29, 0.717) is 17.8 Å². The fraction of sp³-hybridized carbons (Fsp3) is 0.684. The Bertz CT molecular complexity index is 369. The average molecular weight is 290 g/mol. The van der Waals surface area contributed by atoms with Gasteiger partial charge in [-0.2, -0.15) is 0 Å². The Labute approximate surface area is 131 Å². The van der Waals surface area contributed by atoms with Crippen LogP contribution in [0.15, 0.2) is 24.3 Å². The Morgan fingerprint density at radius 1 is 0.810 bits per heavy atom. The lowest BCUT2D eigenvalue weighted by Gasteiger charge is -2.28. The van der Waals surface area contributed by atoms with E-state index in [1.165, 1.54) is 11.3 Å². The van der Waals surface area contributed by atoms with E-state index in [1.807, 2.05) is 0 Å². The van der Waals surface area contributed by atoms with E-state index < -0.39 is 0 Å². The highest BCUT2D eigenvalue weighted by Gasteiger charge is 2.10. The highest BCUT2D eigenvalue weighted by atomic mass is 15.1. The summed E-state index contributed by atoms with van der Waals surface area (Å²) >= 11 is 0. The molecule has 0 amide bonds. The molecule has 0 radical (unpaired) electrons. The molecule has 2 nitrogen and oxygen atoms in total. The Morgan fingerprint density at radius 3 is 1.76 bits per heavy atom. The van der Waals surface area contributed by atoms with Gasteiger partial charge in [-0.25, -0.2) is 0 Å². The lowest BCUT2D eigenvalue weighted by atomic mass is 10.1. The minimum atomic E-state index is 0.691. The van der Waals surface area contributed by atoms with Gasteiger partial charge in [0.05, 0.1) is 0 Å². The average Bonchev–Trinajstić information content (AvgIpc) is 2.37. The summed E-state index contributed by atoms with van der Waals surface area (Å²) in [7, 11) is 0. The second kappa shape index (κ2) is 9.09. The Balaban J connectivity index is 2.63. The fourth-order valence-electron chi connectivity index (χ4n) is 2.50. The van der Waals surface area contributed by atoms with E-state index in [2.05, 4.69) is 76.0 Å². The number of nitrogens with one attached hydrogen (secondary N) is 1. The number of nitrogens with zero attached hydrogens (tertiary/aromatic N) is 1. The minimum Gasteiger partial charge on any atom is -0.371 e. The molecule has 1 rings (SSSR count). The smallest absolute Gasteiger partial charge is 0.0366 e. The minimum absolute atomic E-state index is 0.691. The first kappa shape index (κ1) is 18.0. The molecule has 0 saturated heterocycles. The molecule has 1 aromatic carbocycles. The lowest BCUT2D eigenvalue weighted by Crippen LogP contribution is -2.31. The van der Waals surface area contributed by atoms with Crippen molar-refractivity contribution in [1.29, 1.82) is 0 Å². The zero-order valence-corrected chi connectivity index (χ0v) is 14.8. The van der Waals surface area contributed by atoms with E-state index in [1.54, 1.807) is 0 Å². The van der Waals surface area contributed by atoms with Gasteiger partial charge in [-0.15, -0.1) is 0 Å². The van der Waals surface area contributed by atoms with Crippen LogP contribution >= 0.6 is 0 Å². The van der Waals surface area contributed by atoms with Gasteiger partial charge in [0.1, 0.15) is 0 Å². The number of hydrogen-bond acceptors (Lipinski definition) is 2. The molecule has 1 aromatic rings. The third kappa shape index (κ3) is 7.52. The third-order valence-electron chi connectivity index (χ3n) is 3.35. The van der Waals surface area contributed by atoms with Crippen molar-refractivity contribution < 1.29 is 0 Å². The van der Waals surface area contributed by atoms with E-state index in [-0.39, 0.29) is 0 Å². The molecule has 0 aliphatic rings. The van der Waals surface area contributed by atoms with Crippen LogP contribution in [-0.2, 0) is 6.54 Å².